The van der Waals surface area contributed by atoms with Crippen LogP contribution in [-0.2, 0) is 13.2 Å². The lowest BCUT2D eigenvalue weighted by Gasteiger charge is -2.15. The van der Waals surface area contributed by atoms with Crippen LogP contribution in [0.15, 0.2) is 59.1 Å². The van der Waals surface area contributed by atoms with Crippen LogP contribution >= 0.6 is 39.1 Å². The van der Waals surface area contributed by atoms with E-state index in [0.717, 1.165) is 38.5 Å². The fourth-order valence-electron chi connectivity index (χ4n) is 2.85. The summed E-state index contributed by atoms with van der Waals surface area (Å²) in [6.07, 6.45) is 0. The van der Waals surface area contributed by atoms with E-state index >= 15 is 0 Å². The van der Waals surface area contributed by atoms with E-state index < -0.39 is 0 Å². The third kappa shape index (κ3) is 4.32. The molecule has 0 unspecified atom stereocenters. The highest BCUT2D eigenvalue weighted by Crippen LogP contribution is 2.35. The topological polar surface area (TPSA) is 39.7 Å². The maximum absolute atomic E-state index is 6.24. The Hall–Kier alpha value is -2.08. The smallest absolute Gasteiger partial charge is 0.231 e. The average molecular weight is 481 g/mol. The number of benzene rings is 3. The molecule has 0 atom stereocenters. The van der Waals surface area contributed by atoms with Crippen LogP contribution in [0.5, 0.6) is 17.2 Å². The lowest BCUT2D eigenvalue weighted by Crippen LogP contribution is -2.04. The number of ether oxygens (including phenoxy) is 3. The maximum Gasteiger partial charge on any atom is 0.231 e. The van der Waals surface area contributed by atoms with E-state index in [-0.39, 0.29) is 13.4 Å². The number of hydrogen-bond acceptors (Lipinski definition) is 4. The highest BCUT2D eigenvalue weighted by atomic mass is 79.9. The van der Waals surface area contributed by atoms with Crippen molar-refractivity contribution >= 4 is 44.8 Å². The van der Waals surface area contributed by atoms with Crippen LogP contribution in [0.1, 0.15) is 11.1 Å². The average Bonchev–Trinajstić information content (AvgIpc) is 3.15. The Morgan fingerprint density at radius 2 is 1.75 bits per heavy atom. The molecule has 28 heavy (non-hydrogen) atoms. The SMILES string of the molecule is Clc1cccc(Cl)c1COc1ccc(Br)cc1CNc1ccc2c(c1)OCO2. The minimum atomic E-state index is 0.257. The van der Waals surface area contributed by atoms with Gasteiger partial charge in [0.25, 0.3) is 0 Å². The second-order valence-corrected chi connectivity index (χ2v) is 7.89. The van der Waals surface area contributed by atoms with Crippen molar-refractivity contribution in [3.63, 3.8) is 0 Å². The molecule has 0 amide bonds. The molecular weight excluding hydrogens is 465 g/mol. The van der Waals surface area contributed by atoms with Crippen molar-refractivity contribution in [2.75, 3.05) is 12.1 Å². The molecule has 0 aromatic heterocycles. The number of hydrogen-bond donors (Lipinski definition) is 1. The molecule has 0 fully saturated rings. The summed E-state index contributed by atoms with van der Waals surface area (Å²) in [6.45, 7) is 1.12. The minimum absolute atomic E-state index is 0.257. The molecule has 1 N–H and O–H groups in total. The molecule has 3 aromatic rings. The molecular formula is C21H16BrCl2NO3. The van der Waals surface area contributed by atoms with Crippen LogP contribution in [0.3, 0.4) is 0 Å². The molecule has 0 aliphatic carbocycles. The van der Waals surface area contributed by atoms with Gasteiger partial charge in [-0.25, -0.2) is 0 Å². The Bertz CT molecular complexity index is 993. The van der Waals surface area contributed by atoms with E-state index in [0.29, 0.717) is 16.6 Å². The number of fused-ring (bicyclic) bond motifs is 1. The van der Waals surface area contributed by atoms with Gasteiger partial charge in [0.2, 0.25) is 6.79 Å². The maximum atomic E-state index is 6.24. The second-order valence-electron chi connectivity index (χ2n) is 6.16. The fraction of sp³-hybridized carbons (Fsp3) is 0.143. The molecule has 0 radical (unpaired) electrons. The van der Waals surface area contributed by atoms with Gasteiger partial charge in [0.05, 0.1) is 0 Å². The normalized spacial score (nSPS) is 12.1. The predicted octanol–water partition coefficient (Wildman–Crippen LogP) is 6.68. The minimum Gasteiger partial charge on any atom is -0.488 e. The highest BCUT2D eigenvalue weighted by Gasteiger charge is 2.14. The Kier molecular flexibility index (Phi) is 5.85. The summed E-state index contributed by atoms with van der Waals surface area (Å²) >= 11 is 16.0. The zero-order chi connectivity index (χ0) is 19.5. The van der Waals surface area contributed by atoms with Gasteiger partial charge in [-0.05, 0) is 42.5 Å². The first-order chi connectivity index (χ1) is 13.6. The van der Waals surface area contributed by atoms with Crippen LogP contribution in [0, 0.1) is 0 Å². The zero-order valence-electron chi connectivity index (χ0n) is 14.7. The molecule has 144 valence electrons. The lowest BCUT2D eigenvalue weighted by molar-refractivity contribution is 0.174. The third-order valence-electron chi connectivity index (χ3n) is 4.31. The van der Waals surface area contributed by atoms with Crippen molar-refractivity contribution in [3.05, 3.63) is 80.2 Å². The Morgan fingerprint density at radius 1 is 0.964 bits per heavy atom. The molecule has 1 aliphatic rings. The summed E-state index contributed by atoms with van der Waals surface area (Å²) in [7, 11) is 0. The molecule has 7 heteroatoms. The van der Waals surface area contributed by atoms with Crippen molar-refractivity contribution < 1.29 is 14.2 Å². The van der Waals surface area contributed by atoms with E-state index in [1.807, 2.05) is 42.5 Å². The summed E-state index contributed by atoms with van der Waals surface area (Å²) in [6, 6.07) is 17.1. The quantitative estimate of drug-likeness (QED) is 0.427. The van der Waals surface area contributed by atoms with Crippen molar-refractivity contribution in [1.82, 2.24) is 0 Å². The van der Waals surface area contributed by atoms with Crippen molar-refractivity contribution in [1.29, 1.82) is 0 Å². The molecule has 1 aliphatic heterocycles. The van der Waals surface area contributed by atoms with E-state index in [9.17, 15) is 0 Å². The van der Waals surface area contributed by atoms with Crippen LogP contribution in [0.25, 0.3) is 0 Å². The molecule has 4 nitrogen and oxygen atoms in total. The molecule has 0 saturated carbocycles. The van der Waals surface area contributed by atoms with Gasteiger partial charge < -0.3 is 19.5 Å². The first-order valence-corrected chi connectivity index (χ1v) is 10.1. The van der Waals surface area contributed by atoms with Gasteiger partial charge >= 0.3 is 0 Å². The van der Waals surface area contributed by atoms with Gasteiger partial charge in [0.15, 0.2) is 11.5 Å². The van der Waals surface area contributed by atoms with E-state index in [1.165, 1.54) is 0 Å². The van der Waals surface area contributed by atoms with Gasteiger partial charge in [-0.3, -0.25) is 0 Å². The monoisotopic (exact) mass is 479 g/mol. The van der Waals surface area contributed by atoms with Crippen molar-refractivity contribution in [3.8, 4) is 17.2 Å². The molecule has 0 bridgehead atoms. The fourth-order valence-corrected chi connectivity index (χ4v) is 3.77. The summed E-state index contributed by atoms with van der Waals surface area (Å²) in [5.74, 6) is 2.25. The van der Waals surface area contributed by atoms with E-state index in [4.69, 9.17) is 37.4 Å². The lowest BCUT2D eigenvalue weighted by atomic mass is 10.2. The number of nitrogens with one attached hydrogen (secondary N) is 1. The third-order valence-corrected chi connectivity index (χ3v) is 5.51. The molecule has 4 rings (SSSR count). The van der Waals surface area contributed by atoms with Gasteiger partial charge in [-0.2, -0.15) is 0 Å². The number of anilines is 1. The summed E-state index contributed by atoms with van der Waals surface area (Å²) in [5, 5.41) is 4.57. The predicted molar refractivity (Wildman–Crippen MR) is 115 cm³/mol. The number of rotatable bonds is 6. The Balaban J connectivity index is 1.49. The van der Waals surface area contributed by atoms with Gasteiger partial charge in [-0.1, -0.05) is 45.2 Å². The standard InChI is InChI=1S/C21H16BrCl2NO3/c22-14-4-6-19(26-11-16-17(23)2-1-3-18(16)24)13(8-14)10-25-15-5-7-20-21(9-15)28-12-27-20/h1-9,25H,10-12H2. The number of halogens is 3. The molecule has 0 spiro atoms. The first-order valence-electron chi connectivity index (χ1n) is 8.58. The summed E-state index contributed by atoms with van der Waals surface area (Å²) < 4.78 is 17.8. The molecule has 1 heterocycles. The van der Waals surface area contributed by atoms with Crippen molar-refractivity contribution in [2.45, 2.75) is 13.2 Å². The summed E-state index contributed by atoms with van der Waals surface area (Å²) in [4.78, 5) is 0. The van der Waals surface area contributed by atoms with Gasteiger partial charge in [0, 0.05) is 43.9 Å². The van der Waals surface area contributed by atoms with Gasteiger partial charge in [-0.15, -0.1) is 0 Å². The zero-order valence-corrected chi connectivity index (χ0v) is 17.8. The highest BCUT2D eigenvalue weighted by molar-refractivity contribution is 9.10. The van der Waals surface area contributed by atoms with Gasteiger partial charge in [0.1, 0.15) is 12.4 Å². The molecule has 0 saturated heterocycles. The van der Waals surface area contributed by atoms with Crippen LogP contribution in [0.4, 0.5) is 5.69 Å². The Labute approximate surface area is 181 Å². The van der Waals surface area contributed by atoms with Crippen molar-refractivity contribution in [2.24, 2.45) is 0 Å². The molecule has 3 aromatic carbocycles. The Morgan fingerprint density at radius 3 is 2.57 bits per heavy atom. The first kappa shape index (κ1) is 19.2. The van der Waals surface area contributed by atoms with E-state index in [2.05, 4.69) is 21.2 Å². The largest absolute Gasteiger partial charge is 0.488 e. The van der Waals surface area contributed by atoms with E-state index in [1.54, 1.807) is 12.1 Å². The summed E-state index contributed by atoms with van der Waals surface area (Å²) in [5.41, 5.74) is 2.70. The van der Waals surface area contributed by atoms with Crippen LogP contribution < -0.4 is 19.5 Å². The second kappa shape index (κ2) is 8.52. The van der Waals surface area contributed by atoms with Crippen LogP contribution in [-0.4, -0.2) is 6.79 Å². The van der Waals surface area contributed by atoms with Crippen LogP contribution in [0.2, 0.25) is 10.0 Å².